The average molecular weight is 438 g/mol. The van der Waals surface area contributed by atoms with E-state index in [1.165, 1.54) is 6.42 Å². The van der Waals surface area contributed by atoms with Crippen molar-refractivity contribution in [1.82, 2.24) is 24.2 Å². The SMILES string of the molecule is CCC1CCCCN1C(=O)CC1CSc2nc3c(cnn3-c3cccc(C)c3)c(=O)n21. The lowest BCUT2D eigenvalue weighted by Gasteiger charge is -2.36. The van der Waals surface area contributed by atoms with Gasteiger partial charge in [0.2, 0.25) is 5.91 Å². The maximum Gasteiger partial charge on any atom is 0.265 e. The number of aryl methyl sites for hydroxylation is 1. The van der Waals surface area contributed by atoms with Crippen LogP contribution in [0.4, 0.5) is 0 Å². The molecule has 2 aromatic heterocycles. The Morgan fingerprint density at radius 1 is 1.26 bits per heavy atom. The van der Waals surface area contributed by atoms with Crippen LogP contribution in [0.15, 0.2) is 40.4 Å². The predicted octanol–water partition coefficient (Wildman–Crippen LogP) is 3.72. The molecule has 0 N–H and O–H groups in total. The second kappa shape index (κ2) is 8.15. The fourth-order valence-corrected chi connectivity index (χ4v) is 5.93. The zero-order chi connectivity index (χ0) is 21.5. The number of amides is 1. The summed E-state index contributed by atoms with van der Waals surface area (Å²) in [4.78, 5) is 33.3. The fourth-order valence-electron chi connectivity index (χ4n) is 4.80. The molecule has 0 saturated carbocycles. The fraction of sp³-hybridized carbons (Fsp3) is 0.478. The summed E-state index contributed by atoms with van der Waals surface area (Å²) < 4.78 is 3.45. The highest BCUT2D eigenvalue weighted by Gasteiger charge is 2.33. The van der Waals surface area contributed by atoms with E-state index in [0.717, 1.165) is 37.1 Å². The van der Waals surface area contributed by atoms with E-state index in [-0.39, 0.29) is 17.5 Å². The molecule has 2 unspecified atom stereocenters. The molecule has 7 nitrogen and oxygen atoms in total. The summed E-state index contributed by atoms with van der Waals surface area (Å²) in [6.07, 6.45) is 6.28. The highest BCUT2D eigenvalue weighted by Crippen LogP contribution is 2.34. The maximum atomic E-state index is 13.4. The molecule has 8 heteroatoms. The minimum Gasteiger partial charge on any atom is -0.340 e. The quantitative estimate of drug-likeness (QED) is 0.582. The van der Waals surface area contributed by atoms with Crippen LogP contribution in [0.25, 0.3) is 16.7 Å². The lowest BCUT2D eigenvalue weighted by molar-refractivity contribution is -0.135. The molecular formula is C23H27N5O2S. The molecule has 0 spiro atoms. The van der Waals surface area contributed by atoms with Gasteiger partial charge in [-0.3, -0.25) is 14.2 Å². The summed E-state index contributed by atoms with van der Waals surface area (Å²) in [7, 11) is 0. The molecule has 4 heterocycles. The Labute approximate surface area is 185 Å². The van der Waals surface area contributed by atoms with Gasteiger partial charge in [-0.2, -0.15) is 5.10 Å². The first kappa shape index (κ1) is 20.3. The Balaban J connectivity index is 1.47. The molecule has 1 aromatic carbocycles. The largest absolute Gasteiger partial charge is 0.340 e. The van der Waals surface area contributed by atoms with E-state index in [9.17, 15) is 9.59 Å². The van der Waals surface area contributed by atoms with Crippen LogP contribution in [0.2, 0.25) is 0 Å². The zero-order valence-electron chi connectivity index (χ0n) is 18.0. The number of thioether (sulfide) groups is 1. The molecule has 3 aromatic rings. The summed E-state index contributed by atoms with van der Waals surface area (Å²) in [5.74, 6) is 0.857. The number of nitrogens with zero attached hydrogens (tertiary/aromatic N) is 5. The smallest absolute Gasteiger partial charge is 0.265 e. The number of piperidine rings is 1. The molecule has 2 aliphatic heterocycles. The Kier molecular flexibility index (Phi) is 5.33. The molecule has 0 radical (unpaired) electrons. The van der Waals surface area contributed by atoms with Crippen molar-refractivity contribution in [1.29, 1.82) is 0 Å². The van der Waals surface area contributed by atoms with E-state index >= 15 is 0 Å². The van der Waals surface area contributed by atoms with E-state index in [0.29, 0.717) is 34.4 Å². The van der Waals surface area contributed by atoms with Crippen LogP contribution in [0.3, 0.4) is 0 Å². The monoisotopic (exact) mass is 437 g/mol. The van der Waals surface area contributed by atoms with Gasteiger partial charge in [-0.05, 0) is 50.3 Å². The first-order chi connectivity index (χ1) is 15.1. The third-order valence-electron chi connectivity index (χ3n) is 6.45. The maximum absolute atomic E-state index is 13.4. The summed E-state index contributed by atoms with van der Waals surface area (Å²) in [5.41, 5.74) is 2.48. The van der Waals surface area contributed by atoms with E-state index in [2.05, 4.69) is 12.0 Å². The third kappa shape index (κ3) is 3.56. The van der Waals surface area contributed by atoms with E-state index < -0.39 is 0 Å². The zero-order valence-corrected chi connectivity index (χ0v) is 18.8. The molecule has 0 aliphatic carbocycles. The third-order valence-corrected chi connectivity index (χ3v) is 7.54. The molecular weight excluding hydrogens is 410 g/mol. The van der Waals surface area contributed by atoms with Crippen molar-refractivity contribution in [2.24, 2.45) is 0 Å². The molecule has 162 valence electrons. The van der Waals surface area contributed by atoms with E-state index in [1.807, 2.05) is 36.1 Å². The van der Waals surface area contributed by atoms with Gasteiger partial charge in [0.05, 0.1) is 17.9 Å². The molecule has 1 amide bonds. The number of carbonyl (C=O) groups is 1. The summed E-state index contributed by atoms with van der Waals surface area (Å²) in [6, 6.07) is 8.16. The second-order valence-corrected chi connectivity index (χ2v) is 9.50. The lowest BCUT2D eigenvalue weighted by atomic mass is 9.99. The average Bonchev–Trinajstić information content (AvgIpc) is 3.38. The van der Waals surface area contributed by atoms with Crippen LogP contribution >= 0.6 is 11.8 Å². The standard InChI is InChI=1S/C23H27N5O2S/c1-3-16-8-4-5-10-26(16)20(29)12-18-14-31-23-25-21-19(22(30)27(18)23)13-24-28(21)17-9-6-7-15(2)11-17/h6-7,9,11,13,16,18H,3-5,8,10,12,14H2,1-2H3. The van der Waals surface area contributed by atoms with Gasteiger partial charge in [0.15, 0.2) is 10.8 Å². The highest BCUT2D eigenvalue weighted by molar-refractivity contribution is 7.99. The Morgan fingerprint density at radius 2 is 2.13 bits per heavy atom. The number of rotatable bonds is 4. The minimum absolute atomic E-state index is 0.104. The van der Waals surface area contributed by atoms with Crippen molar-refractivity contribution in [3.05, 3.63) is 46.4 Å². The Bertz CT molecular complexity index is 1200. The molecule has 2 atom stereocenters. The molecule has 31 heavy (non-hydrogen) atoms. The number of carbonyl (C=O) groups excluding carboxylic acids is 1. The van der Waals surface area contributed by atoms with Crippen LogP contribution in [0, 0.1) is 6.92 Å². The van der Waals surface area contributed by atoms with Gasteiger partial charge in [0.1, 0.15) is 5.39 Å². The Hall–Kier alpha value is -2.61. The summed E-state index contributed by atoms with van der Waals surface area (Å²) >= 11 is 1.55. The van der Waals surface area contributed by atoms with Crippen molar-refractivity contribution >= 4 is 28.7 Å². The van der Waals surface area contributed by atoms with E-state index in [4.69, 9.17) is 4.98 Å². The van der Waals surface area contributed by atoms with Crippen molar-refractivity contribution in [2.45, 2.75) is 63.2 Å². The van der Waals surface area contributed by atoms with Crippen LogP contribution in [0.5, 0.6) is 0 Å². The van der Waals surface area contributed by atoms with Crippen LogP contribution < -0.4 is 5.56 Å². The van der Waals surface area contributed by atoms with Gasteiger partial charge >= 0.3 is 0 Å². The van der Waals surface area contributed by atoms with Crippen molar-refractivity contribution < 1.29 is 4.79 Å². The topological polar surface area (TPSA) is 73.0 Å². The summed E-state index contributed by atoms with van der Waals surface area (Å²) in [5, 5.41) is 5.62. The van der Waals surface area contributed by atoms with Crippen molar-refractivity contribution in [2.75, 3.05) is 12.3 Å². The number of fused-ring (bicyclic) bond motifs is 2. The molecule has 2 aliphatic rings. The van der Waals surface area contributed by atoms with Gasteiger partial charge < -0.3 is 4.90 Å². The van der Waals surface area contributed by atoms with Gasteiger partial charge in [-0.1, -0.05) is 30.8 Å². The van der Waals surface area contributed by atoms with Crippen LogP contribution in [0.1, 0.15) is 50.6 Å². The van der Waals surface area contributed by atoms with Gasteiger partial charge in [-0.15, -0.1) is 0 Å². The number of hydrogen-bond donors (Lipinski definition) is 0. The van der Waals surface area contributed by atoms with Crippen molar-refractivity contribution in [3.8, 4) is 5.69 Å². The lowest BCUT2D eigenvalue weighted by Crippen LogP contribution is -2.44. The minimum atomic E-state index is -0.154. The molecule has 5 rings (SSSR count). The number of hydrogen-bond acceptors (Lipinski definition) is 5. The van der Waals surface area contributed by atoms with Gasteiger partial charge in [0.25, 0.3) is 5.56 Å². The normalized spacial score (nSPS) is 20.9. The van der Waals surface area contributed by atoms with Crippen LogP contribution in [-0.2, 0) is 4.79 Å². The van der Waals surface area contributed by atoms with Crippen LogP contribution in [-0.4, -0.2) is 48.5 Å². The summed E-state index contributed by atoms with van der Waals surface area (Å²) in [6.45, 7) is 5.01. The number of aromatic nitrogens is 4. The van der Waals surface area contributed by atoms with Gasteiger partial charge in [0, 0.05) is 24.8 Å². The first-order valence-corrected chi connectivity index (χ1v) is 12.0. The highest BCUT2D eigenvalue weighted by atomic mass is 32.2. The van der Waals surface area contributed by atoms with E-state index in [1.54, 1.807) is 27.2 Å². The van der Waals surface area contributed by atoms with Crippen molar-refractivity contribution in [3.63, 3.8) is 0 Å². The first-order valence-electron chi connectivity index (χ1n) is 11.1. The van der Waals surface area contributed by atoms with Gasteiger partial charge in [-0.25, -0.2) is 9.67 Å². The second-order valence-electron chi connectivity index (χ2n) is 8.52. The Morgan fingerprint density at radius 3 is 2.94 bits per heavy atom. The predicted molar refractivity (Wildman–Crippen MR) is 122 cm³/mol. The molecule has 1 saturated heterocycles. The number of benzene rings is 1. The molecule has 0 bridgehead atoms. The number of likely N-dealkylation sites (tertiary alicyclic amines) is 1. The molecule has 1 fully saturated rings.